The topological polar surface area (TPSA) is 75.4 Å². The van der Waals surface area contributed by atoms with Crippen LogP contribution in [-0.2, 0) is 4.79 Å². The highest BCUT2D eigenvalue weighted by Crippen LogP contribution is 2.44. The van der Waals surface area contributed by atoms with Crippen LogP contribution in [0.5, 0.6) is 0 Å². The molecule has 3 amide bonds. The van der Waals surface area contributed by atoms with Crippen LogP contribution in [-0.4, -0.2) is 29.9 Å². The summed E-state index contributed by atoms with van der Waals surface area (Å²) in [6.07, 6.45) is 9.26. The van der Waals surface area contributed by atoms with Crippen molar-refractivity contribution in [3.63, 3.8) is 0 Å². The quantitative estimate of drug-likeness (QED) is 0.874. The molecular weight excluding hydrogens is 322 g/mol. The van der Waals surface area contributed by atoms with Gasteiger partial charge in [0.15, 0.2) is 0 Å². The van der Waals surface area contributed by atoms with Crippen LogP contribution in [0.1, 0.15) is 62.3 Å². The lowest BCUT2D eigenvalue weighted by molar-refractivity contribution is -0.134. The Morgan fingerprint density at radius 1 is 1.21 bits per heavy atom. The van der Waals surface area contributed by atoms with E-state index in [-0.39, 0.29) is 18.4 Å². The molecule has 3 N–H and O–H groups in total. The summed E-state index contributed by atoms with van der Waals surface area (Å²) in [5, 5.41) is 4.66. The summed E-state index contributed by atoms with van der Waals surface area (Å²) in [5.74, 6) is 0.118. The van der Waals surface area contributed by atoms with Crippen LogP contribution in [0.15, 0.2) is 17.5 Å². The van der Waals surface area contributed by atoms with Gasteiger partial charge >= 0.3 is 6.03 Å². The fourth-order valence-electron chi connectivity index (χ4n) is 4.22. The molecule has 5 nitrogen and oxygen atoms in total. The highest BCUT2D eigenvalue weighted by atomic mass is 32.1. The van der Waals surface area contributed by atoms with Crippen LogP contribution in [0.25, 0.3) is 0 Å². The summed E-state index contributed by atoms with van der Waals surface area (Å²) in [5.41, 5.74) is 5.77. The first-order chi connectivity index (χ1) is 11.6. The van der Waals surface area contributed by atoms with Crippen molar-refractivity contribution >= 4 is 23.3 Å². The minimum absolute atomic E-state index is 0.118. The Balaban J connectivity index is 1.57. The molecule has 1 aromatic heterocycles. The summed E-state index contributed by atoms with van der Waals surface area (Å²) < 4.78 is 0. The minimum atomic E-state index is -0.582. The molecule has 24 heavy (non-hydrogen) atoms. The number of nitrogens with zero attached hydrogens (tertiary/aromatic N) is 1. The molecule has 0 unspecified atom stereocenters. The summed E-state index contributed by atoms with van der Waals surface area (Å²) in [7, 11) is 0. The van der Waals surface area contributed by atoms with Gasteiger partial charge in [-0.05, 0) is 42.5 Å². The molecular formula is C18H27N3O2S. The number of amides is 3. The lowest BCUT2D eigenvalue weighted by Crippen LogP contribution is -2.45. The molecule has 0 radical (unpaired) electrons. The molecule has 132 valence electrons. The summed E-state index contributed by atoms with van der Waals surface area (Å²) in [4.78, 5) is 26.9. The largest absolute Gasteiger partial charge is 0.352 e. The average Bonchev–Trinajstić information content (AvgIpc) is 3.09. The molecule has 6 heteroatoms. The van der Waals surface area contributed by atoms with Crippen molar-refractivity contribution < 1.29 is 9.59 Å². The lowest BCUT2D eigenvalue weighted by atomic mass is 9.68. The highest BCUT2D eigenvalue weighted by molar-refractivity contribution is 7.10. The molecule has 1 saturated carbocycles. The zero-order valence-electron chi connectivity index (χ0n) is 14.1. The van der Waals surface area contributed by atoms with Gasteiger partial charge in [0.25, 0.3) is 0 Å². The highest BCUT2D eigenvalue weighted by Gasteiger charge is 2.37. The predicted molar refractivity (Wildman–Crippen MR) is 95.7 cm³/mol. The van der Waals surface area contributed by atoms with Crippen molar-refractivity contribution in [2.45, 2.75) is 57.4 Å². The number of primary amides is 1. The number of nitrogens with one attached hydrogen (secondary N) is 1. The van der Waals surface area contributed by atoms with Gasteiger partial charge in [-0.1, -0.05) is 25.3 Å². The molecule has 0 aromatic carbocycles. The molecule has 2 heterocycles. The number of urea groups is 1. The molecule has 1 saturated heterocycles. The minimum Gasteiger partial charge on any atom is -0.352 e. The normalized spacial score (nSPS) is 21.4. The number of hydrogen-bond donors (Lipinski definition) is 2. The number of likely N-dealkylation sites (tertiary alicyclic amines) is 1. The van der Waals surface area contributed by atoms with E-state index in [9.17, 15) is 9.59 Å². The maximum Gasteiger partial charge on any atom is 0.312 e. The van der Waals surface area contributed by atoms with Crippen LogP contribution < -0.4 is 11.1 Å². The fraction of sp³-hybridized carbons (Fsp3) is 0.667. The van der Waals surface area contributed by atoms with Gasteiger partial charge in [0.05, 0.1) is 12.5 Å². The third kappa shape index (κ3) is 4.09. The number of carbonyl (C=O) groups excluding carboxylic acids is 2. The van der Waals surface area contributed by atoms with E-state index in [1.165, 1.54) is 43.4 Å². The molecule has 3 rings (SSSR count). The summed E-state index contributed by atoms with van der Waals surface area (Å²) in [6, 6.07) is 2.96. The van der Waals surface area contributed by atoms with Gasteiger partial charge in [-0.3, -0.25) is 4.79 Å². The summed E-state index contributed by atoms with van der Waals surface area (Å²) >= 11 is 1.54. The maximum atomic E-state index is 12.7. The van der Waals surface area contributed by atoms with E-state index < -0.39 is 6.03 Å². The zero-order valence-corrected chi connectivity index (χ0v) is 14.9. The molecule has 2 aliphatic rings. The van der Waals surface area contributed by atoms with Crippen molar-refractivity contribution in [3.8, 4) is 0 Å². The zero-order chi connectivity index (χ0) is 17.0. The smallest absolute Gasteiger partial charge is 0.312 e. The van der Waals surface area contributed by atoms with E-state index in [4.69, 9.17) is 5.73 Å². The van der Waals surface area contributed by atoms with E-state index in [0.29, 0.717) is 5.41 Å². The second-order valence-electron chi connectivity index (χ2n) is 7.22. The van der Waals surface area contributed by atoms with Crippen LogP contribution in [0, 0.1) is 5.41 Å². The maximum absolute atomic E-state index is 12.7. The van der Waals surface area contributed by atoms with Crippen LogP contribution in [0.3, 0.4) is 0 Å². The number of rotatable bonds is 4. The van der Waals surface area contributed by atoms with Gasteiger partial charge in [-0.2, -0.15) is 0 Å². The number of piperidine rings is 1. The summed E-state index contributed by atoms with van der Waals surface area (Å²) in [6.45, 7) is 1.71. The van der Waals surface area contributed by atoms with E-state index in [1.807, 2.05) is 22.4 Å². The lowest BCUT2D eigenvalue weighted by Gasteiger charge is -2.44. The molecule has 1 aliphatic carbocycles. The molecule has 0 bridgehead atoms. The monoisotopic (exact) mass is 349 g/mol. The Kier molecular flexibility index (Phi) is 5.43. The van der Waals surface area contributed by atoms with Crippen LogP contribution >= 0.6 is 11.3 Å². The van der Waals surface area contributed by atoms with E-state index >= 15 is 0 Å². The Morgan fingerprint density at radius 2 is 1.92 bits per heavy atom. The van der Waals surface area contributed by atoms with Crippen molar-refractivity contribution in [3.05, 3.63) is 22.4 Å². The predicted octanol–water partition coefficient (Wildman–Crippen LogP) is 3.42. The Hall–Kier alpha value is -1.56. The van der Waals surface area contributed by atoms with Crippen molar-refractivity contribution in [2.24, 2.45) is 11.1 Å². The van der Waals surface area contributed by atoms with E-state index in [1.54, 1.807) is 0 Å². The number of carbonyl (C=O) groups is 2. The van der Waals surface area contributed by atoms with Crippen molar-refractivity contribution in [1.82, 2.24) is 10.2 Å². The SMILES string of the molecule is NC(=O)N[C@@H](CC(=O)N1CCC2(CCCCC2)CC1)c1cccs1. The number of thiophene rings is 1. The van der Waals surface area contributed by atoms with Gasteiger partial charge in [0.1, 0.15) is 0 Å². The fourth-order valence-corrected chi connectivity index (χ4v) is 5.00. The Morgan fingerprint density at radius 3 is 2.50 bits per heavy atom. The molecule has 1 spiro atoms. The Labute approximate surface area is 147 Å². The van der Waals surface area contributed by atoms with Gasteiger partial charge in [0, 0.05) is 18.0 Å². The molecule has 1 aliphatic heterocycles. The third-order valence-electron chi connectivity index (χ3n) is 5.67. The first-order valence-corrected chi connectivity index (χ1v) is 9.83. The second-order valence-corrected chi connectivity index (χ2v) is 8.20. The van der Waals surface area contributed by atoms with Gasteiger partial charge < -0.3 is 16.0 Å². The van der Waals surface area contributed by atoms with Gasteiger partial charge in [-0.15, -0.1) is 11.3 Å². The van der Waals surface area contributed by atoms with E-state index in [2.05, 4.69) is 5.32 Å². The van der Waals surface area contributed by atoms with Crippen molar-refractivity contribution in [2.75, 3.05) is 13.1 Å². The average molecular weight is 349 g/mol. The second kappa shape index (κ2) is 7.55. The van der Waals surface area contributed by atoms with Crippen LogP contribution in [0.2, 0.25) is 0 Å². The Bertz CT molecular complexity index is 557. The first kappa shape index (κ1) is 17.3. The first-order valence-electron chi connectivity index (χ1n) is 8.95. The molecule has 2 fully saturated rings. The third-order valence-corrected chi connectivity index (χ3v) is 6.66. The molecule has 1 atom stereocenters. The number of nitrogens with two attached hydrogens (primary N) is 1. The standard InChI is InChI=1S/C18H27N3O2S/c19-17(23)20-14(15-5-4-12-24-15)13-16(22)21-10-8-18(9-11-21)6-2-1-3-7-18/h4-5,12,14H,1-3,6-11,13H2,(H3,19,20,23)/t14-/m0/s1. The van der Waals surface area contributed by atoms with Crippen molar-refractivity contribution in [1.29, 1.82) is 0 Å². The number of hydrogen-bond acceptors (Lipinski definition) is 3. The van der Waals surface area contributed by atoms with Gasteiger partial charge in [0.2, 0.25) is 5.91 Å². The molecule has 1 aromatic rings. The van der Waals surface area contributed by atoms with Crippen LogP contribution in [0.4, 0.5) is 4.79 Å². The van der Waals surface area contributed by atoms with E-state index in [0.717, 1.165) is 30.8 Å². The van der Waals surface area contributed by atoms with Gasteiger partial charge in [-0.25, -0.2) is 4.79 Å².